The van der Waals surface area contributed by atoms with E-state index >= 15 is 0 Å². The summed E-state index contributed by atoms with van der Waals surface area (Å²) in [6.45, 7) is 4.12. The number of aromatic carboxylic acids is 1. The molecular formula is C11H17N3O3. The maximum Gasteiger partial charge on any atom is 0.358 e. The Kier molecular flexibility index (Phi) is 3.73. The number of ether oxygens (including phenoxy) is 1. The first kappa shape index (κ1) is 12.0. The van der Waals surface area contributed by atoms with Crippen molar-refractivity contribution in [3.63, 3.8) is 0 Å². The van der Waals surface area contributed by atoms with Gasteiger partial charge in [0.1, 0.15) is 0 Å². The van der Waals surface area contributed by atoms with Gasteiger partial charge >= 0.3 is 5.97 Å². The summed E-state index contributed by atoms with van der Waals surface area (Å²) in [6.07, 6.45) is 2.60. The van der Waals surface area contributed by atoms with Crippen molar-refractivity contribution in [2.75, 3.05) is 13.2 Å². The number of hydrogen-bond acceptors (Lipinski definition) is 4. The van der Waals surface area contributed by atoms with E-state index in [4.69, 9.17) is 9.84 Å². The van der Waals surface area contributed by atoms with E-state index in [0.29, 0.717) is 19.8 Å². The maximum absolute atomic E-state index is 11.1. The minimum atomic E-state index is -0.992. The van der Waals surface area contributed by atoms with Gasteiger partial charge in [0.15, 0.2) is 5.69 Å². The fraction of sp³-hybridized carbons (Fsp3) is 0.727. The van der Waals surface area contributed by atoms with Crippen LogP contribution in [0.1, 0.15) is 48.3 Å². The van der Waals surface area contributed by atoms with Crippen LogP contribution in [0.3, 0.4) is 0 Å². The molecule has 1 aliphatic rings. The van der Waals surface area contributed by atoms with E-state index in [0.717, 1.165) is 25.0 Å². The second kappa shape index (κ2) is 5.27. The highest BCUT2D eigenvalue weighted by atomic mass is 16.5. The van der Waals surface area contributed by atoms with E-state index in [1.807, 2.05) is 6.92 Å². The average Bonchev–Trinajstić information content (AvgIpc) is 2.74. The Morgan fingerprint density at radius 1 is 1.53 bits per heavy atom. The highest BCUT2D eigenvalue weighted by molar-refractivity contribution is 5.86. The third-order valence-corrected chi connectivity index (χ3v) is 3.02. The van der Waals surface area contributed by atoms with Crippen molar-refractivity contribution in [1.82, 2.24) is 15.0 Å². The molecule has 0 atom stereocenters. The molecule has 0 spiro atoms. The minimum absolute atomic E-state index is 0.102. The van der Waals surface area contributed by atoms with Gasteiger partial charge in [-0.3, -0.25) is 0 Å². The van der Waals surface area contributed by atoms with Gasteiger partial charge in [0.05, 0.1) is 5.69 Å². The number of nitrogens with zero attached hydrogens (tertiary/aromatic N) is 3. The summed E-state index contributed by atoms with van der Waals surface area (Å²) in [6, 6.07) is 0. The van der Waals surface area contributed by atoms with E-state index in [1.54, 1.807) is 4.68 Å². The zero-order chi connectivity index (χ0) is 12.3. The van der Waals surface area contributed by atoms with E-state index in [1.165, 1.54) is 0 Å². The van der Waals surface area contributed by atoms with Crippen LogP contribution < -0.4 is 0 Å². The first-order valence-corrected chi connectivity index (χ1v) is 5.98. The summed E-state index contributed by atoms with van der Waals surface area (Å²) in [5.74, 6) is -0.787. The SMILES string of the molecule is CCCn1nnc(C(=O)O)c1C1CCOCC1. The fourth-order valence-corrected chi connectivity index (χ4v) is 2.22. The Morgan fingerprint density at radius 3 is 2.82 bits per heavy atom. The molecule has 1 saturated heterocycles. The van der Waals surface area contributed by atoms with Gasteiger partial charge in [0.25, 0.3) is 0 Å². The van der Waals surface area contributed by atoms with Gasteiger partial charge in [-0.2, -0.15) is 0 Å². The van der Waals surface area contributed by atoms with Crippen molar-refractivity contribution >= 4 is 5.97 Å². The molecule has 0 saturated carbocycles. The Labute approximate surface area is 99.6 Å². The molecule has 0 amide bonds. The molecule has 0 bridgehead atoms. The van der Waals surface area contributed by atoms with Crippen LogP contribution in [0.2, 0.25) is 0 Å². The predicted octanol–water partition coefficient (Wildman–Crippen LogP) is 1.28. The lowest BCUT2D eigenvalue weighted by molar-refractivity contribution is 0.0676. The highest BCUT2D eigenvalue weighted by Gasteiger charge is 2.27. The van der Waals surface area contributed by atoms with Crippen LogP contribution in [0.4, 0.5) is 0 Å². The van der Waals surface area contributed by atoms with Gasteiger partial charge in [0, 0.05) is 25.7 Å². The fourth-order valence-electron chi connectivity index (χ4n) is 2.22. The average molecular weight is 239 g/mol. The number of aryl methyl sites for hydroxylation is 1. The van der Waals surface area contributed by atoms with Crippen LogP contribution >= 0.6 is 0 Å². The molecule has 1 aliphatic heterocycles. The molecule has 94 valence electrons. The van der Waals surface area contributed by atoms with Crippen molar-refractivity contribution in [2.24, 2.45) is 0 Å². The molecule has 0 aromatic carbocycles. The maximum atomic E-state index is 11.1. The van der Waals surface area contributed by atoms with Crippen LogP contribution in [-0.4, -0.2) is 39.3 Å². The summed E-state index contributed by atoms with van der Waals surface area (Å²) >= 11 is 0. The van der Waals surface area contributed by atoms with Crippen LogP contribution in [0.15, 0.2) is 0 Å². The molecule has 0 aliphatic carbocycles. The van der Waals surface area contributed by atoms with E-state index in [-0.39, 0.29) is 11.6 Å². The molecule has 0 unspecified atom stereocenters. The first-order valence-electron chi connectivity index (χ1n) is 5.98. The lowest BCUT2D eigenvalue weighted by atomic mass is 9.94. The monoisotopic (exact) mass is 239 g/mol. The molecule has 17 heavy (non-hydrogen) atoms. The van der Waals surface area contributed by atoms with E-state index < -0.39 is 5.97 Å². The topological polar surface area (TPSA) is 77.2 Å². The third-order valence-electron chi connectivity index (χ3n) is 3.02. The van der Waals surface area contributed by atoms with E-state index in [2.05, 4.69) is 10.3 Å². The minimum Gasteiger partial charge on any atom is -0.476 e. The zero-order valence-electron chi connectivity index (χ0n) is 9.93. The number of carboxylic acids is 1. The van der Waals surface area contributed by atoms with Crippen molar-refractivity contribution in [3.8, 4) is 0 Å². The van der Waals surface area contributed by atoms with Crippen molar-refractivity contribution < 1.29 is 14.6 Å². The first-order chi connectivity index (χ1) is 8.24. The molecule has 0 radical (unpaired) electrons. The van der Waals surface area contributed by atoms with Gasteiger partial charge < -0.3 is 9.84 Å². The molecule has 6 nitrogen and oxygen atoms in total. The molecule has 1 fully saturated rings. The van der Waals surface area contributed by atoms with Crippen molar-refractivity contribution in [3.05, 3.63) is 11.4 Å². The van der Waals surface area contributed by atoms with Crippen molar-refractivity contribution in [2.45, 2.75) is 38.6 Å². The number of rotatable bonds is 4. The van der Waals surface area contributed by atoms with Gasteiger partial charge in [0.2, 0.25) is 0 Å². The van der Waals surface area contributed by atoms with Gasteiger partial charge in [-0.1, -0.05) is 12.1 Å². The number of hydrogen-bond donors (Lipinski definition) is 1. The quantitative estimate of drug-likeness (QED) is 0.856. The lowest BCUT2D eigenvalue weighted by Gasteiger charge is -2.22. The normalized spacial score (nSPS) is 17.2. The molecular weight excluding hydrogens is 222 g/mol. The summed E-state index contributed by atoms with van der Waals surface area (Å²) in [5.41, 5.74) is 0.869. The van der Waals surface area contributed by atoms with Crippen LogP contribution in [-0.2, 0) is 11.3 Å². The molecule has 2 heterocycles. The second-order valence-electron chi connectivity index (χ2n) is 4.24. The summed E-state index contributed by atoms with van der Waals surface area (Å²) in [5, 5.41) is 16.9. The van der Waals surface area contributed by atoms with Crippen LogP contribution in [0.25, 0.3) is 0 Å². The van der Waals surface area contributed by atoms with Gasteiger partial charge in [-0.05, 0) is 19.3 Å². The van der Waals surface area contributed by atoms with Gasteiger partial charge in [-0.15, -0.1) is 5.10 Å². The Hall–Kier alpha value is -1.43. The third kappa shape index (κ3) is 2.46. The second-order valence-corrected chi connectivity index (χ2v) is 4.24. The summed E-state index contributed by atoms with van der Waals surface area (Å²) < 4.78 is 7.04. The van der Waals surface area contributed by atoms with Gasteiger partial charge in [-0.25, -0.2) is 9.48 Å². The van der Waals surface area contributed by atoms with Crippen molar-refractivity contribution in [1.29, 1.82) is 0 Å². The van der Waals surface area contributed by atoms with Crippen LogP contribution in [0.5, 0.6) is 0 Å². The Bertz CT molecular complexity index is 397. The molecule has 2 rings (SSSR count). The lowest BCUT2D eigenvalue weighted by Crippen LogP contribution is -2.20. The van der Waals surface area contributed by atoms with Crippen LogP contribution in [0, 0.1) is 0 Å². The Balaban J connectivity index is 2.32. The molecule has 1 N–H and O–H groups in total. The molecule has 1 aromatic rings. The largest absolute Gasteiger partial charge is 0.476 e. The number of carbonyl (C=O) groups is 1. The molecule has 1 aromatic heterocycles. The highest BCUT2D eigenvalue weighted by Crippen LogP contribution is 2.28. The molecule has 6 heteroatoms. The standard InChI is InChI=1S/C11H17N3O3/c1-2-5-14-10(8-3-6-17-7-4-8)9(11(15)16)12-13-14/h8H,2-7H2,1H3,(H,15,16). The summed E-state index contributed by atoms with van der Waals surface area (Å²) in [7, 11) is 0. The smallest absolute Gasteiger partial charge is 0.358 e. The summed E-state index contributed by atoms with van der Waals surface area (Å²) in [4.78, 5) is 11.1. The van der Waals surface area contributed by atoms with E-state index in [9.17, 15) is 4.79 Å². The zero-order valence-corrected chi connectivity index (χ0v) is 9.93. The number of carboxylic acid groups (broad SMARTS) is 1. The predicted molar refractivity (Wildman–Crippen MR) is 60.1 cm³/mol. The Morgan fingerprint density at radius 2 is 2.24 bits per heavy atom. The number of aromatic nitrogens is 3.